The summed E-state index contributed by atoms with van der Waals surface area (Å²) in [4.78, 5) is 0. The van der Waals surface area contributed by atoms with Crippen LogP contribution in [0.1, 0.15) is 11.1 Å². The molecule has 0 aliphatic rings. The standard InChI is InChI=1S/C15H15F2NO/c1-19-10-12-5-3-2-4-11(12)9-18-15-7-13(16)6-14(17)8-15/h2-8,18H,9-10H2,1H3. The third-order valence-corrected chi connectivity index (χ3v) is 2.76. The van der Waals surface area contributed by atoms with E-state index in [4.69, 9.17) is 4.74 Å². The second kappa shape index (κ2) is 6.29. The van der Waals surface area contributed by atoms with Gasteiger partial charge in [-0.2, -0.15) is 0 Å². The Kier molecular flexibility index (Phi) is 4.47. The van der Waals surface area contributed by atoms with Crippen LogP contribution in [0.25, 0.3) is 0 Å². The zero-order valence-corrected chi connectivity index (χ0v) is 10.6. The molecule has 0 aliphatic heterocycles. The molecular formula is C15H15F2NO. The van der Waals surface area contributed by atoms with Crippen molar-refractivity contribution in [3.05, 3.63) is 65.2 Å². The third-order valence-electron chi connectivity index (χ3n) is 2.76. The van der Waals surface area contributed by atoms with Crippen molar-refractivity contribution in [3.63, 3.8) is 0 Å². The number of benzene rings is 2. The summed E-state index contributed by atoms with van der Waals surface area (Å²) >= 11 is 0. The van der Waals surface area contributed by atoms with Crippen LogP contribution in [0.5, 0.6) is 0 Å². The van der Waals surface area contributed by atoms with Gasteiger partial charge in [-0.1, -0.05) is 24.3 Å². The van der Waals surface area contributed by atoms with Gasteiger partial charge in [-0.05, 0) is 23.3 Å². The Morgan fingerprint density at radius 2 is 1.63 bits per heavy atom. The monoisotopic (exact) mass is 263 g/mol. The Bertz CT molecular complexity index is 537. The molecule has 2 aromatic carbocycles. The molecule has 100 valence electrons. The molecule has 0 heterocycles. The highest BCUT2D eigenvalue weighted by Gasteiger charge is 2.03. The Labute approximate surface area is 111 Å². The van der Waals surface area contributed by atoms with Gasteiger partial charge in [0.1, 0.15) is 11.6 Å². The fraction of sp³-hybridized carbons (Fsp3) is 0.200. The van der Waals surface area contributed by atoms with Crippen molar-refractivity contribution < 1.29 is 13.5 Å². The van der Waals surface area contributed by atoms with E-state index < -0.39 is 11.6 Å². The molecule has 2 rings (SSSR count). The topological polar surface area (TPSA) is 21.3 Å². The van der Waals surface area contributed by atoms with E-state index in [9.17, 15) is 8.78 Å². The molecule has 0 radical (unpaired) electrons. The van der Waals surface area contributed by atoms with Crippen LogP contribution in [-0.2, 0) is 17.9 Å². The molecule has 0 unspecified atom stereocenters. The highest BCUT2D eigenvalue weighted by atomic mass is 19.1. The normalized spacial score (nSPS) is 10.5. The highest BCUT2D eigenvalue weighted by Crippen LogP contribution is 2.16. The molecule has 0 amide bonds. The molecule has 0 saturated carbocycles. The number of ether oxygens (including phenoxy) is 1. The van der Waals surface area contributed by atoms with Crippen molar-refractivity contribution in [1.29, 1.82) is 0 Å². The average Bonchev–Trinajstić information content (AvgIpc) is 2.37. The number of halogens is 2. The Balaban J connectivity index is 2.09. The smallest absolute Gasteiger partial charge is 0.128 e. The molecule has 0 bridgehead atoms. The zero-order valence-electron chi connectivity index (χ0n) is 10.6. The van der Waals surface area contributed by atoms with Crippen LogP contribution in [0, 0.1) is 11.6 Å². The Morgan fingerprint density at radius 1 is 1.00 bits per heavy atom. The number of rotatable bonds is 5. The lowest BCUT2D eigenvalue weighted by Crippen LogP contribution is -2.04. The number of anilines is 1. The molecule has 1 N–H and O–H groups in total. The molecular weight excluding hydrogens is 248 g/mol. The van der Waals surface area contributed by atoms with Gasteiger partial charge >= 0.3 is 0 Å². The first-order valence-corrected chi connectivity index (χ1v) is 5.94. The molecule has 2 nitrogen and oxygen atoms in total. The summed E-state index contributed by atoms with van der Waals surface area (Å²) in [6, 6.07) is 11.2. The van der Waals surface area contributed by atoms with E-state index in [0.717, 1.165) is 17.2 Å². The maximum atomic E-state index is 13.1. The quantitative estimate of drug-likeness (QED) is 0.887. The van der Waals surface area contributed by atoms with E-state index in [1.807, 2.05) is 24.3 Å². The average molecular weight is 263 g/mol. The molecule has 0 aromatic heterocycles. The Morgan fingerprint density at radius 3 is 2.26 bits per heavy atom. The lowest BCUT2D eigenvalue weighted by Gasteiger charge is -2.11. The van der Waals surface area contributed by atoms with E-state index in [-0.39, 0.29) is 0 Å². The minimum atomic E-state index is -0.590. The number of hydrogen-bond donors (Lipinski definition) is 1. The van der Waals surface area contributed by atoms with Crippen molar-refractivity contribution in [2.75, 3.05) is 12.4 Å². The van der Waals surface area contributed by atoms with E-state index in [1.165, 1.54) is 12.1 Å². The summed E-state index contributed by atoms with van der Waals surface area (Å²) in [5, 5.41) is 3.01. The van der Waals surface area contributed by atoms with E-state index in [1.54, 1.807) is 7.11 Å². The van der Waals surface area contributed by atoms with Crippen molar-refractivity contribution in [3.8, 4) is 0 Å². The highest BCUT2D eigenvalue weighted by molar-refractivity contribution is 5.45. The molecule has 0 spiro atoms. The van der Waals surface area contributed by atoms with Gasteiger partial charge in [0.05, 0.1) is 6.61 Å². The van der Waals surface area contributed by atoms with Crippen LogP contribution in [0.3, 0.4) is 0 Å². The largest absolute Gasteiger partial charge is 0.381 e. The maximum Gasteiger partial charge on any atom is 0.128 e. The summed E-state index contributed by atoms with van der Waals surface area (Å²) in [6.07, 6.45) is 0. The van der Waals surface area contributed by atoms with Gasteiger partial charge in [-0.3, -0.25) is 0 Å². The number of methoxy groups -OCH3 is 1. The lowest BCUT2D eigenvalue weighted by molar-refractivity contribution is 0.184. The van der Waals surface area contributed by atoms with Crippen LogP contribution in [0.4, 0.5) is 14.5 Å². The van der Waals surface area contributed by atoms with E-state index >= 15 is 0 Å². The Hall–Kier alpha value is -1.94. The summed E-state index contributed by atoms with van der Waals surface area (Å²) < 4.78 is 31.2. The zero-order chi connectivity index (χ0) is 13.7. The summed E-state index contributed by atoms with van der Waals surface area (Å²) in [5.74, 6) is -1.18. The van der Waals surface area contributed by atoms with Crippen molar-refractivity contribution >= 4 is 5.69 Å². The van der Waals surface area contributed by atoms with Crippen LogP contribution < -0.4 is 5.32 Å². The van der Waals surface area contributed by atoms with Gasteiger partial charge < -0.3 is 10.1 Å². The van der Waals surface area contributed by atoms with Gasteiger partial charge in [-0.15, -0.1) is 0 Å². The summed E-state index contributed by atoms with van der Waals surface area (Å²) in [7, 11) is 1.63. The molecule has 0 fully saturated rings. The molecule has 2 aromatic rings. The summed E-state index contributed by atoms with van der Waals surface area (Å²) in [5.41, 5.74) is 2.51. The molecule has 0 aliphatic carbocycles. The lowest BCUT2D eigenvalue weighted by atomic mass is 10.1. The fourth-order valence-corrected chi connectivity index (χ4v) is 1.88. The first-order valence-electron chi connectivity index (χ1n) is 5.94. The molecule has 19 heavy (non-hydrogen) atoms. The number of nitrogens with one attached hydrogen (secondary N) is 1. The first-order chi connectivity index (χ1) is 9.19. The van der Waals surface area contributed by atoms with Gasteiger partial charge in [0.2, 0.25) is 0 Å². The van der Waals surface area contributed by atoms with E-state index in [0.29, 0.717) is 18.8 Å². The number of hydrogen-bond acceptors (Lipinski definition) is 2. The maximum absolute atomic E-state index is 13.1. The minimum Gasteiger partial charge on any atom is -0.381 e. The molecule has 4 heteroatoms. The van der Waals surface area contributed by atoms with Crippen LogP contribution in [0.15, 0.2) is 42.5 Å². The van der Waals surface area contributed by atoms with Gasteiger partial charge in [0.25, 0.3) is 0 Å². The second-order valence-electron chi connectivity index (χ2n) is 4.21. The second-order valence-corrected chi connectivity index (χ2v) is 4.21. The van der Waals surface area contributed by atoms with Crippen LogP contribution in [0.2, 0.25) is 0 Å². The van der Waals surface area contributed by atoms with Crippen molar-refractivity contribution in [2.45, 2.75) is 13.2 Å². The predicted octanol–water partition coefficient (Wildman–Crippen LogP) is 3.72. The van der Waals surface area contributed by atoms with Crippen LogP contribution >= 0.6 is 0 Å². The van der Waals surface area contributed by atoms with Crippen molar-refractivity contribution in [2.24, 2.45) is 0 Å². The van der Waals surface area contributed by atoms with Gasteiger partial charge in [0.15, 0.2) is 0 Å². The minimum absolute atomic E-state index is 0.421. The fourth-order valence-electron chi connectivity index (χ4n) is 1.88. The molecule has 0 saturated heterocycles. The van der Waals surface area contributed by atoms with Crippen molar-refractivity contribution in [1.82, 2.24) is 0 Å². The van der Waals surface area contributed by atoms with E-state index in [2.05, 4.69) is 5.32 Å². The van der Waals surface area contributed by atoms with Gasteiger partial charge in [0, 0.05) is 25.4 Å². The van der Waals surface area contributed by atoms with Gasteiger partial charge in [-0.25, -0.2) is 8.78 Å². The predicted molar refractivity (Wildman–Crippen MR) is 70.8 cm³/mol. The third kappa shape index (κ3) is 3.76. The first kappa shape index (κ1) is 13.5. The van der Waals surface area contributed by atoms with Crippen LogP contribution in [-0.4, -0.2) is 7.11 Å². The molecule has 0 atom stereocenters. The summed E-state index contributed by atoms with van der Waals surface area (Å²) in [6.45, 7) is 0.998. The SMILES string of the molecule is COCc1ccccc1CNc1cc(F)cc(F)c1.